The number of nitrogens with one attached hydrogen (secondary N) is 1. The van der Waals surface area contributed by atoms with Crippen molar-refractivity contribution in [3.8, 4) is 17.1 Å². The zero-order valence-corrected chi connectivity index (χ0v) is 23.2. The van der Waals surface area contributed by atoms with Crippen LogP contribution in [0.15, 0.2) is 78.5 Å². The number of fused-ring (bicyclic) bond motifs is 1. The fraction of sp³-hybridized carbons (Fsp3) is 0.241. The maximum Gasteiger partial charge on any atom is 0.451 e. The van der Waals surface area contributed by atoms with Crippen LogP contribution in [0.1, 0.15) is 5.82 Å². The summed E-state index contributed by atoms with van der Waals surface area (Å²) in [5, 5.41) is 3.47. The number of likely N-dealkylation sites (N-methyl/N-ethyl adjacent to an activating group) is 1. The number of piperazine rings is 1. The third kappa shape index (κ3) is 5.68. The van der Waals surface area contributed by atoms with E-state index < -0.39 is 12.0 Å². The van der Waals surface area contributed by atoms with Gasteiger partial charge in [0.15, 0.2) is 11.5 Å². The molecule has 1 N–H and O–H groups in total. The molecule has 5 aromatic rings. The lowest BCUT2D eigenvalue weighted by Gasteiger charge is -2.34. The normalized spacial score (nSPS) is 14.3. The molecular formula is C29H27F3N10O. The molecule has 0 saturated carbocycles. The molecule has 5 heterocycles. The Morgan fingerprint density at radius 3 is 2.35 bits per heavy atom. The van der Waals surface area contributed by atoms with Crippen LogP contribution in [0.3, 0.4) is 0 Å². The predicted molar refractivity (Wildman–Crippen MR) is 157 cm³/mol. The molecule has 0 amide bonds. The van der Waals surface area contributed by atoms with E-state index in [2.05, 4.69) is 53.7 Å². The van der Waals surface area contributed by atoms with Crippen LogP contribution in [0.2, 0.25) is 0 Å². The molecular weight excluding hydrogens is 561 g/mol. The lowest BCUT2D eigenvalue weighted by Crippen LogP contribution is -2.44. The number of nitrogens with zero attached hydrogens (tertiary/aromatic N) is 9. The Hall–Kier alpha value is -5.11. The van der Waals surface area contributed by atoms with Crippen molar-refractivity contribution in [3.63, 3.8) is 0 Å². The molecule has 1 saturated heterocycles. The molecule has 1 aromatic carbocycles. The molecule has 0 atom stereocenters. The number of benzene rings is 1. The van der Waals surface area contributed by atoms with E-state index in [0.29, 0.717) is 17.2 Å². The molecule has 43 heavy (non-hydrogen) atoms. The van der Waals surface area contributed by atoms with Crippen molar-refractivity contribution in [3.05, 3.63) is 89.9 Å². The fourth-order valence-corrected chi connectivity index (χ4v) is 4.87. The Labute approximate surface area is 244 Å². The molecule has 1 aliphatic rings. The van der Waals surface area contributed by atoms with Crippen molar-refractivity contribution in [2.45, 2.75) is 12.7 Å². The summed E-state index contributed by atoms with van der Waals surface area (Å²) in [6, 6.07) is 12.9. The topological polar surface area (TPSA) is 110 Å². The average Bonchev–Trinajstić information content (AvgIpc) is 3.28. The van der Waals surface area contributed by atoms with Crippen LogP contribution >= 0.6 is 0 Å². The molecule has 1 fully saturated rings. The smallest absolute Gasteiger partial charge is 0.369 e. The molecule has 1 aliphatic heterocycles. The number of aromatic nitrogens is 7. The van der Waals surface area contributed by atoms with Crippen LogP contribution < -0.4 is 15.8 Å². The van der Waals surface area contributed by atoms with Crippen molar-refractivity contribution in [2.24, 2.45) is 0 Å². The first kappa shape index (κ1) is 28.0. The highest BCUT2D eigenvalue weighted by atomic mass is 19.4. The van der Waals surface area contributed by atoms with Gasteiger partial charge < -0.3 is 15.1 Å². The van der Waals surface area contributed by atoms with Gasteiger partial charge in [-0.15, -0.1) is 6.58 Å². The maximum atomic E-state index is 13.3. The number of anilines is 3. The van der Waals surface area contributed by atoms with Crippen LogP contribution in [-0.2, 0) is 12.7 Å². The van der Waals surface area contributed by atoms with Crippen molar-refractivity contribution in [2.75, 3.05) is 43.4 Å². The van der Waals surface area contributed by atoms with E-state index >= 15 is 0 Å². The van der Waals surface area contributed by atoms with E-state index in [1.807, 2.05) is 24.3 Å². The predicted octanol–water partition coefficient (Wildman–Crippen LogP) is 4.13. The van der Waals surface area contributed by atoms with Gasteiger partial charge in [0, 0.05) is 61.7 Å². The Morgan fingerprint density at radius 2 is 1.67 bits per heavy atom. The minimum Gasteiger partial charge on any atom is -0.369 e. The molecule has 11 nitrogen and oxygen atoms in total. The van der Waals surface area contributed by atoms with Crippen LogP contribution in [0, 0.1) is 0 Å². The summed E-state index contributed by atoms with van der Waals surface area (Å²) in [6.07, 6.45) is 0.488. The van der Waals surface area contributed by atoms with Crippen molar-refractivity contribution >= 4 is 28.4 Å². The summed E-state index contributed by atoms with van der Waals surface area (Å²) in [6.45, 7) is 7.86. The number of hydrogen-bond acceptors (Lipinski definition) is 9. The highest BCUT2D eigenvalue weighted by Crippen LogP contribution is 2.27. The zero-order valence-electron chi connectivity index (χ0n) is 23.2. The van der Waals surface area contributed by atoms with Crippen LogP contribution in [0.25, 0.3) is 28.1 Å². The molecule has 6 rings (SSSR count). The van der Waals surface area contributed by atoms with E-state index in [1.165, 1.54) is 15.6 Å². The summed E-state index contributed by atoms with van der Waals surface area (Å²) in [5.74, 6) is -0.654. The van der Waals surface area contributed by atoms with E-state index in [-0.39, 0.29) is 29.0 Å². The van der Waals surface area contributed by atoms with E-state index in [4.69, 9.17) is 0 Å². The van der Waals surface area contributed by atoms with E-state index in [0.717, 1.165) is 49.9 Å². The second-order valence-corrected chi connectivity index (χ2v) is 10.1. The SMILES string of the molecule is C=CCn1c(=O)c2cnc(Nc3ccc(N4CCN(C)CC4)cc3)nc2n1-c1cccc(-c2cnc(C(F)(F)F)nc2)n1. The average molecular weight is 589 g/mol. The van der Waals surface area contributed by atoms with Gasteiger partial charge in [-0.25, -0.2) is 29.3 Å². The fourth-order valence-electron chi connectivity index (χ4n) is 4.87. The van der Waals surface area contributed by atoms with Gasteiger partial charge in [0.25, 0.3) is 5.56 Å². The largest absolute Gasteiger partial charge is 0.451 e. The first-order chi connectivity index (χ1) is 20.7. The zero-order chi connectivity index (χ0) is 30.1. The minimum absolute atomic E-state index is 0.154. The second kappa shape index (κ2) is 11.3. The number of allylic oxidation sites excluding steroid dienone is 1. The van der Waals surface area contributed by atoms with Gasteiger partial charge in [-0.05, 0) is 43.4 Å². The van der Waals surface area contributed by atoms with Gasteiger partial charge in [0.05, 0.1) is 12.2 Å². The maximum absolute atomic E-state index is 13.3. The number of rotatable bonds is 7. The molecule has 0 unspecified atom stereocenters. The third-order valence-electron chi connectivity index (χ3n) is 7.12. The number of pyridine rings is 1. The highest BCUT2D eigenvalue weighted by molar-refractivity contribution is 5.77. The number of halogens is 3. The number of alkyl halides is 3. The standard InChI is InChI=1S/C29H27F3N10O/c1-3-11-41-26(43)22-18-35-28(36-20-7-9-21(10-8-20)40-14-12-39(2)13-15-40)38-25(22)42(41)24-6-4-5-23(37-24)19-16-33-27(34-17-19)29(30,31)32/h3-10,16-18H,1,11-15H2,2H3,(H,35,36,38). The van der Waals surface area contributed by atoms with E-state index in [9.17, 15) is 18.0 Å². The number of hydrogen-bond donors (Lipinski definition) is 1. The van der Waals surface area contributed by atoms with Crippen molar-refractivity contribution < 1.29 is 13.2 Å². The molecule has 14 heteroatoms. The van der Waals surface area contributed by atoms with Gasteiger partial charge in [0.1, 0.15) is 5.39 Å². The van der Waals surface area contributed by atoms with Crippen molar-refractivity contribution in [1.29, 1.82) is 0 Å². The third-order valence-corrected chi connectivity index (χ3v) is 7.12. The summed E-state index contributed by atoms with van der Waals surface area (Å²) >= 11 is 0. The first-order valence-electron chi connectivity index (χ1n) is 13.5. The first-order valence-corrected chi connectivity index (χ1v) is 13.5. The lowest BCUT2D eigenvalue weighted by atomic mass is 10.2. The van der Waals surface area contributed by atoms with Gasteiger partial charge >= 0.3 is 6.18 Å². The summed E-state index contributed by atoms with van der Waals surface area (Å²) < 4.78 is 41.8. The summed E-state index contributed by atoms with van der Waals surface area (Å²) in [4.78, 5) is 38.4. The Balaban J connectivity index is 1.34. The minimum atomic E-state index is -4.66. The highest BCUT2D eigenvalue weighted by Gasteiger charge is 2.34. The van der Waals surface area contributed by atoms with Gasteiger partial charge in [0.2, 0.25) is 11.8 Å². The van der Waals surface area contributed by atoms with Gasteiger partial charge in [-0.2, -0.15) is 18.2 Å². The van der Waals surface area contributed by atoms with Crippen molar-refractivity contribution in [1.82, 2.24) is 39.2 Å². The Bertz CT molecular complexity index is 1820. The lowest BCUT2D eigenvalue weighted by molar-refractivity contribution is -0.144. The molecule has 0 aliphatic carbocycles. The summed E-state index contributed by atoms with van der Waals surface area (Å²) in [5.41, 5.74) is 2.46. The van der Waals surface area contributed by atoms with Crippen LogP contribution in [-0.4, -0.2) is 72.4 Å². The van der Waals surface area contributed by atoms with Gasteiger partial charge in [-0.1, -0.05) is 12.1 Å². The molecule has 0 radical (unpaired) electrons. The Morgan fingerprint density at radius 1 is 0.953 bits per heavy atom. The molecule has 0 spiro atoms. The molecule has 0 bridgehead atoms. The van der Waals surface area contributed by atoms with Gasteiger partial charge in [-0.3, -0.25) is 4.79 Å². The van der Waals surface area contributed by atoms with Crippen LogP contribution in [0.5, 0.6) is 0 Å². The monoisotopic (exact) mass is 588 g/mol. The molecule has 4 aromatic heterocycles. The van der Waals surface area contributed by atoms with Crippen LogP contribution in [0.4, 0.5) is 30.5 Å². The Kier molecular flexibility index (Phi) is 7.36. The second-order valence-electron chi connectivity index (χ2n) is 10.1. The van der Waals surface area contributed by atoms with E-state index in [1.54, 1.807) is 24.3 Å². The quantitative estimate of drug-likeness (QED) is 0.281. The molecule has 220 valence electrons. The summed E-state index contributed by atoms with van der Waals surface area (Å²) in [7, 11) is 2.12.